The lowest BCUT2D eigenvalue weighted by Crippen LogP contribution is -2.25. The molecule has 0 radical (unpaired) electrons. The van der Waals surface area contributed by atoms with Gasteiger partial charge >= 0.3 is 0 Å². The molecule has 0 spiro atoms. The molecule has 28 heavy (non-hydrogen) atoms. The van der Waals surface area contributed by atoms with E-state index in [1.165, 1.54) is 35.0 Å². The molecule has 0 atom stereocenters. The molecule has 8 heteroatoms. The first-order valence-electron chi connectivity index (χ1n) is 9.17. The van der Waals surface area contributed by atoms with Crippen LogP contribution in [0, 0.1) is 0 Å². The minimum absolute atomic E-state index is 0.00478. The van der Waals surface area contributed by atoms with Gasteiger partial charge in [0.05, 0.1) is 11.4 Å². The van der Waals surface area contributed by atoms with Crippen LogP contribution < -0.4 is 10.1 Å². The molecule has 3 heterocycles. The van der Waals surface area contributed by atoms with E-state index in [-0.39, 0.29) is 24.1 Å². The molecule has 1 N–H and O–H groups in total. The van der Waals surface area contributed by atoms with Crippen molar-refractivity contribution in [3.05, 3.63) is 40.5 Å². The van der Waals surface area contributed by atoms with Crippen LogP contribution in [0.2, 0.25) is 0 Å². The Kier molecular flexibility index (Phi) is 4.52. The summed E-state index contributed by atoms with van der Waals surface area (Å²) in [4.78, 5) is 35.6. The third kappa shape index (κ3) is 3.16. The molecule has 0 unspecified atom stereocenters. The Morgan fingerprint density at radius 3 is 3.07 bits per heavy atom. The van der Waals surface area contributed by atoms with Crippen LogP contribution in [0.4, 0.5) is 5.69 Å². The van der Waals surface area contributed by atoms with Crippen LogP contribution in [0.5, 0.6) is 5.75 Å². The first-order chi connectivity index (χ1) is 13.7. The molecule has 5 rings (SSSR count). The summed E-state index contributed by atoms with van der Waals surface area (Å²) in [5, 5.41) is 4.75. The second kappa shape index (κ2) is 7.18. The summed E-state index contributed by atoms with van der Waals surface area (Å²) in [6.07, 6.45) is 6.19. The van der Waals surface area contributed by atoms with Crippen molar-refractivity contribution >= 4 is 50.7 Å². The summed E-state index contributed by atoms with van der Waals surface area (Å²) >= 11 is 3.21. The molecule has 6 nitrogen and oxygen atoms in total. The zero-order valence-corrected chi connectivity index (χ0v) is 16.6. The van der Waals surface area contributed by atoms with Crippen LogP contribution in [0.1, 0.15) is 33.6 Å². The number of thioether (sulfide) groups is 1. The van der Waals surface area contributed by atoms with Crippen LogP contribution in [0.25, 0.3) is 10.2 Å². The fraction of sp³-hybridized carbons (Fsp3) is 0.300. The Morgan fingerprint density at radius 1 is 1.25 bits per heavy atom. The highest BCUT2D eigenvalue weighted by atomic mass is 32.2. The predicted molar refractivity (Wildman–Crippen MR) is 110 cm³/mol. The number of rotatable bonds is 4. The molecule has 1 amide bonds. The zero-order valence-electron chi connectivity index (χ0n) is 15.0. The number of aromatic nitrogens is 2. The second-order valence-electron chi connectivity index (χ2n) is 6.83. The molecule has 1 aliphatic carbocycles. The van der Waals surface area contributed by atoms with E-state index in [0.717, 1.165) is 28.1 Å². The number of nitrogens with zero attached hydrogens (tertiary/aromatic N) is 2. The van der Waals surface area contributed by atoms with E-state index >= 15 is 0 Å². The number of carbonyl (C=O) groups is 2. The van der Waals surface area contributed by atoms with Gasteiger partial charge in [-0.2, -0.15) is 0 Å². The van der Waals surface area contributed by atoms with Crippen LogP contribution in [-0.2, 0) is 17.6 Å². The Hall–Kier alpha value is -2.45. The minimum atomic E-state index is -0.211. The number of fused-ring (bicyclic) bond motifs is 4. The maximum absolute atomic E-state index is 12.7. The number of thiophene rings is 1. The molecule has 1 aliphatic heterocycles. The number of anilines is 1. The third-order valence-electron chi connectivity index (χ3n) is 4.99. The molecule has 0 saturated carbocycles. The van der Waals surface area contributed by atoms with Crippen LogP contribution in [-0.4, -0.2) is 34.0 Å². The van der Waals surface area contributed by atoms with E-state index < -0.39 is 0 Å². The summed E-state index contributed by atoms with van der Waals surface area (Å²) in [5.41, 5.74) is 2.47. The highest BCUT2D eigenvalue weighted by Gasteiger charge is 2.21. The fourth-order valence-electron chi connectivity index (χ4n) is 3.64. The zero-order chi connectivity index (χ0) is 19.1. The lowest BCUT2D eigenvalue weighted by Gasteiger charge is -2.18. The fourth-order valence-corrected chi connectivity index (χ4v) is 5.86. The van der Waals surface area contributed by atoms with Crippen molar-refractivity contribution in [2.75, 3.05) is 17.7 Å². The normalized spacial score (nSPS) is 15.5. The Morgan fingerprint density at radius 2 is 2.14 bits per heavy atom. The molecule has 0 saturated heterocycles. The summed E-state index contributed by atoms with van der Waals surface area (Å²) < 4.78 is 5.35. The van der Waals surface area contributed by atoms with E-state index in [1.54, 1.807) is 35.9 Å². The summed E-state index contributed by atoms with van der Waals surface area (Å²) in [7, 11) is 0. The number of amides is 1. The van der Waals surface area contributed by atoms with E-state index in [9.17, 15) is 9.59 Å². The van der Waals surface area contributed by atoms with Gasteiger partial charge in [-0.1, -0.05) is 11.8 Å². The maximum Gasteiger partial charge on any atom is 0.262 e. The van der Waals surface area contributed by atoms with Gasteiger partial charge in [-0.25, -0.2) is 9.97 Å². The number of nitrogens with one attached hydrogen (secondary N) is 1. The quantitative estimate of drug-likeness (QED) is 0.399. The molecule has 2 aliphatic rings. The molecule has 0 bridgehead atoms. The van der Waals surface area contributed by atoms with E-state index in [2.05, 4.69) is 15.3 Å². The average Bonchev–Trinajstić information content (AvgIpc) is 3.10. The number of ether oxygens (including phenoxy) is 1. The summed E-state index contributed by atoms with van der Waals surface area (Å²) in [6.45, 7) is 0.00478. The number of hydrogen-bond acceptors (Lipinski definition) is 7. The van der Waals surface area contributed by atoms with Crippen molar-refractivity contribution in [1.82, 2.24) is 9.97 Å². The van der Waals surface area contributed by atoms with Crippen LogP contribution in [0.15, 0.2) is 29.6 Å². The molecular weight excluding hydrogens is 394 g/mol. The average molecular weight is 412 g/mol. The Labute approximate surface area is 169 Å². The molecule has 0 fully saturated rings. The smallest absolute Gasteiger partial charge is 0.262 e. The van der Waals surface area contributed by atoms with Crippen molar-refractivity contribution in [3.63, 3.8) is 0 Å². The van der Waals surface area contributed by atoms with Crippen LogP contribution >= 0.6 is 23.1 Å². The van der Waals surface area contributed by atoms with E-state index in [4.69, 9.17) is 4.74 Å². The summed E-state index contributed by atoms with van der Waals surface area (Å²) in [5.74, 6) is 0.649. The lowest BCUT2D eigenvalue weighted by molar-refractivity contribution is -0.118. The third-order valence-corrected chi connectivity index (χ3v) is 7.18. The highest BCUT2D eigenvalue weighted by Crippen LogP contribution is 2.39. The van der Waals surface area contributed by atoms with Gasteiger partial charge in [0.1, 0.15) is 21.9 Å². The van der Waals surface area contributed by atoms with Gasteiger partial charge in [-0.3, -0.25) is 9.59 Å². The first kappa shape index (κ1) is 17.6. The molecular formula is C20H17N3O3S2. The lowest BCUT2D eigenvalue weighted by atomic mass is 9.97. The van der Waals surface area contributed by atoms with Gasteiger partial charge in [0.2, 0.25) is 0 Å². The molecule has 3 aromatic rings. The number of aryl methyl sites for hydroxylation is 2. The Balaban J connectivity index is 1.38. The van der Waals surface area contributed by atoms with Gasteiger partial charge in [0.25, 0.3) is 5.91 Å². The highest BCUT2D eigenvalue weighted by molar-refractivity contribution is 8.00. The molecule has 142 valence electrons. The SMILES string of the molecule is O=C1COc2ccc(C(=O)CSc3ncnc4sc5c(c34)CCCC5)cc2N1. The van der Waals surface area contributed by atoms with Gasteiger partial charge in [-0.15, -0.1) is 11.3 Å². The van der Waals surface area contributed by atoms with Crippen molar-refractivity contribution in [1.29, 1.82) is 0 Å². The number of hydrogen-bond donors (Lipinski definition) is 1. The van der Waals surface area contributed by atoms with Crippen LogP contribution in [0.3, 0.4) is 0 Å². The number of benzene rings is 1. The Bertz CT molecular complexity index is 1110. The van der Waals surface area contributed by atoms with Gasteiger partial charge in [0, 0.05) is 15.8 Å². The van der Waals surface area contributed by atoms with Gasteiger partial charge in [0.15, 0.2) is 12.4 Å². The largest absolute Gasteiger partial charge is 0.482 e. The van der Waals surface area contributed by atoms with Gasteiger partial charge < -0.3 is 10.1 Å². The summed E-state index contributed by atoms with van der Waals surface area (Å²) in [6, 6.07) is 5.14. The van der Waals surface area contributed by atoms with Crippen molar-refractivity contribution < 1.29 is 14.3 Å². The van der Waals surface area contributed by atoms with E-state index in [1.807, 2.05) is 0 Å². The molecule has 2 aromatic heterocycles. The standard InChI is InChI=1S/C20H17N3O3S2/c24-14(11-5-6-15-13(7-11)23-17(25)8-26-15)9-27-19-18-12-3-1-2-4-16(12)28-20(18)22-10-21-19/h5-7,10H,1-4,8-9H2,(H,23,25). The maximum atomic E-state index is 12.7. The molecule has 1 aromatic carbocycles. The van der Waals surface area contributed by atoms with Gasteiger partial charge in [-0.05, 0) is 49.4 Å². The minimum Gasteiger partial charge on any atom is -0.482 e. The second-order valence-corrected chi connectivity index (χ2v) is 8.88. The number of ketones is 1. The first-order valence-corrected chi connectivity index (χ1v) is 11.0. The predicted octanol–water partition coefficient (Wildman–Crippen LogP) is 3.88. The monoisotopic (exact) mass is 411 g/mol. The number of Topliss-reactive ketones (excluding diaryl/α,β-unsaturated/α-hetero) is 1. The van der Waals surface area contributed by atoms with Crippen molar-refractivity contribution in [2.24, 2.45) is 0 Å². The van der Waals surface area contributed by atoms with Crippen molar-refractivity contribution in [2.45, 2.75) is 30.7 Å². The topological polar surface area (TPSA) is 81.2 Å². The number of carbonyl (C=O) groups excluding carboxylic acids is 2. The van der Waals surface area contributed by atoms with E-state index in [0.29, 0.717) is 17.0 Å². The van der Waals surface area contributed by atoms with Crippen molar-refractivity contribution in [3.8, 4) is 5.75 Å².